The highest BCUT2D eigenvalue weighted by molar-refractivity contribution is 7.85. The van der Waals surface area contributed by atoms with Gasteiger partial charge in [0.2, 0.25) is 0 Å². The summed E-state index contributed by atoms with van der Waals surface area (Å²) in [5, 5.41) is 0. The van der Waals surface area contributed by atoms with E-state index < -0.39 is 26.8 Å². The first-order valence-electron chi connectivity index (χ1n) is 8.80. The van der Waals surface area contributed by atoms with Crippen LogP contribution in [0.2, 0.25) is 0 Å². The van der Waals surface area contributed by atoms with Gasteiger partial charge in [-0.3, -0.25) is 0 Å². The molecule has 0 aromatic heterocycles. The molecule has 2 rings (SSSR count). The molecular weight excluding hydrogens is 516 g/mol. The molecule has 0 aliphatic heterocycles. The molecule has 0 saturated carbocycles. The van der Waals surface area contributed by atoms with Crippen molar-refractivity contribution in [3.8, 4) is 0 Å². The van der Waals surface area contributed by atoms with Crippen LogP contribution in [0.15, 0.2) is 47.4 Å². The summed E-state index contributed by atoms with van der Waals surface area (Å²) in [5.74, 6) is 0. The van der Waals surface area contributed by atoms with Crippen molar-refractivity contribution in [2.24, 2.45) is 0 Å². The molecule has 0 heterocycles. The van der Waals surface area contributed by atoms with Gasteiger partial charge in [-0.25, -0.2) is 8.42 Å². The van der Waals surface area contributed by atoms with Crippen LogP contribution in [-0.4, -0.2) is 13.0 Å². The molecule has 162 valence electrons. The molecule has 8 heteroatoms. The zero-order valence-corrected chi connectivity index (χ0v) is 20.4. The van der Waals surface area contributed by atoms with Crippen LogP contribution >= 0.6 is 0 Å². The average Bonchev–Trinajstić information content (AvgIpc) is 2.51. The fraction of sp³-hybridized carbons (Fsp3) is 0.429. The predicted octanol–water partition coefficient (Wildman–Crippen LogP) is 2.35. The van der Waals surface area contributed by atoms with Crippen LogP contribution in [0.1, 0.15) is 58.2 Å². The lowest BCUT2D eigenvalue weighted by Gasteiger charge is -2.29. The van der Waals surface area contributed by atoms with E-state index in [0.29, 0.717) is 12.1 Å². The highest BCUT2D eigenvalue weighted by Crippen LogP contribution is 2.34. The maximum absolute atomic E-state index is 12.2. The molecule has 0 N–H and O–H groups in total. The molecule has 0 atom stereocenters. The van der Waals surface area contributed by atoms with Gasteiger partial charge in [0, 0.05) is 5.56 Å². The Labute approximate surface area is 184 Å². The minimum absolute atomic E-state index is 0.232. The third kappa shape index (κ3) is 7.25. The molecular formula is C21H26F3IO3S. The van der Waals surface area contributed by atoms with Crippen LogP contribution < -0.4 is 22.6 Å². The fourth-order valence-corrected chi connectivity index (χ4v) is 4.96. The molecule has 0 aliphatic carbocycles. The first-order valence-corrected chi connectivity index (χ1v) is 11.4. The lowest BCUT2D eigenvalue weighted by molar-refractivity contribution is -0.330. The normalized spacial score (nSPS) is 12.9. The van der Waals surface area contributed by atoms with E-state index in [1.54, 1.807) is 0 Å². The molecule has 2 aromatic rings. The molecule has 0 aliphatic rings. The van der Waals surface area contributed by atoms with E-state index >= 15 is 0 Å². The van der Waals surface area contributed by atoms with Gasteiger partial charge in [-0.2, -0.15) is 13.2 Å². The smallest absolute Gasteiger partial charge is 0.417 e. The topological polar surface area (TPSA) is 57.2 Å². The van der Waals surface area contributed by atoms with E-state index in [2.05, 4.69) is 82.3 Å². The van der Waals surface area contributed by atoms with Gasteiger partial charge in [-0.1, -0.05) is 65.8 Å². The molecule has 0 bridgehead atoms. The van der Waals surface area contributed by atoms with Crippen molar-refractivity contribution in [3.63, 3.8) is 0 Å². The largest absolute Gasteiger partial charge is 0.744 e. The SMILES string of the molecule is CC(C)(C)c1cccc([IH+])c1C(C)(C)C.O=S(=O)([O-])c1ccccc1C(F)(F)F. The number of hydrogen-bond donors (Lipinski definition) is 0. The Bertz CT molecular complexity index is 954. The number of hydrogen-bond acceptors (Lipinski definition) is 3. The molecule has 0 radical (unpaired) electrons. The maximum Gasteiger partial charge on any atom is 0.417 e. The molecule has 2 aromatic carbocycles. The molecule has 0 spiro atoms. The number of halogens is 4. The molecule has 29 heavy (non-hydrogen) atoms. The van der Waals surface area contributed by atoms with Crippen molar-refractivity contribution in [1.29, 1.82) is 0 Å². The average molecular weight is 542 g/mol. The Morgan fingerprint density at radius 1 is 0.793 bits per heavy atom. The van der Waals surface area contributed by atoms with Gasteiger partial charge in [0.1, 0.15) is 10.1 Å². The lowest BCUT2D eigenvalue weighted by atomic mass is 9.75. The van der Waals surface area contributed by atoms with E-state index in [4.69, 9.17) is 0 Å². The third-order valence-corrected chi connectivity index (χ3v) is 5.91. The summed E-state index contributed by atoms with van der Waals surface area (Å²) in [7, 11) is -5.09. The van der Waals surface area contributed by atoms with E-state index in [1.807, 2.05) is 0 Å². The fourth-order valence-electron chi connectivity index (χ4n) is 2.85. The van der Waals surface area contributed by atoms with Crippen molar-refractivity contribution < 1.29 is 48.7 Å². The van der Waals surface area contributed by atoms with Crippen molar-refractivity contribution in [2.75, 3.05) is 0 Å². The highest BCUT2D eigenvalue weighted by atomic mass is 127. The van der Waals surface area contributed by atoms with Crippen LogP contribution in [-0.2, 0) is 27.1 Å². The Hall–Kier alpha value is -1.13. The second-order valence-corrected chi connectivity index (χ2v) is 11.2. The van der Waals surface area contributed by atoms with Crippen LogP contribution in [0.25, 0.3) is 0 Å². The molecule has 0 saturated heterocycles. The summed E-state index contributed by atoms with van der Waals surface area (Å²) >= 11 is 2.14. The van der Waals surface area contributed by atoms with Gasteiger partial charge >= 0.3 is 6.18 Å². The Kier molecular flexibility index (Phi) is 7.98. The second-order valence-electron chi connectivity index (χ2n) is 8.63. The van der Waals surface area contributed by atoms with Gasteiger partial charge in [-0.15, -0.1) is 0 Å². The molecule has 3 nitrogen and oxygen atoms in total. The van der Waals surface area contributed by atoms with Gasteiger partial charge in [0.25, 0.3) is 22.6 Å². The van der Waals surface area contributed by atoms with Crippen LogP contribution in [0.4, 0.5) is 13.2 Å². The van der Waals surface area contributed by atoms with Crippen molar-refractivity contribution in [2.45, 2.75) is 63.4 Å². The first kappa shape index (κ1) is 25.9. The highest BCUT2D eigenvalue weighted by Gasteiger charge is 2.34. The van der Waals surface area contributed by atoms with Crippen LogP contribution in [0.5, 0.6) is 0 Å². The Morgan fingerprint density at radius 2 is 1.28 bits per heavy atom. The number of benzene rings is 2. The van der Waals surface area contributed by atoms with Crippen molar-refractivity contribution in [1.82, 2.24) is 0 Å². The van der Waals surface area contributed by atoms with Gasteiger partial charge in [0.15, 0.2) is 3.57 Å². The van der Waals surface area contributed by atoms with E-state index in [1.165, 1.54) is 14.7 Å². The van der Waals surface area contributed by atoms with E-state index in [9.17, 15) is 26.1 Å². The Balaban J connectivity index is 0.000000291. The Morgan fingerprint density at radius 3 is 1.62 bits per heavy atom. The molecule has 0 unspecified atom stereocenters. The summed E-state index contributed by atoms with van der Waals surface area (Å²) < 4.78 is 69.3. The zero-order chi connectivity index (χ0) is 22.8. The number of alkyl halides is 3. The monoisotopic (exact) mass is 542 g/mol. The maximum atomic E-state index is 12.2. The summed E-state index contributed by atoms with van der Waals surface area (Å²) in [4.78, 5) is -1.24. The molecule has 0 amide bonds. The zero-order valence-electron chi connectivity index (χ0n) is 17.2. The minimum atomic E-state index is -5.09. The standard InChI is InChI=1S/C14H22I.C7H5F3O3S/c1-13(2,3)10-8-7-9-11(15)12(10)14(4,5)6;8-7(9,10)5-3-1-2-4-6(5)14(11,12)13/h7-9,15H,1-6H3;1-4H,(H,11,12,13)/q+1;/p-1. The quantitative estimate of drug-likeness (QED) is 0.411. The second kappa shape index (κ2) is 8.93. The van der Waals surface area contributed by atoms with Crippen molar-refractivity contribution >= 4 is 10.1 Å². The van der Waals surface area contributed by atoms with Gasteiger partial charge in [0.05, 0.1) is 10.5 Å². The third-order valence-electron chi connectivity index (χ3n) is 4.05. The van der Waals surface area contributed by atoms with Crippen LogP contribution in [0, 0.1) is 3.57 Å². The lowest BCUT2D eigenvalue weighted by Crippen LogP contribution is -3.34. The minimum Gasteiger partial charge on any atom is -0.744 e. The van der Waals surface area contributed by atoms with E-state index in [-0.39, 0.29) is 10.8 Å². The molecule has 0 fully saturated rings. The van der Waals surface area contributed by atoms with E-state index in [0.717, 1.165) is 12.1 Å². The van der Waals surface area contributed by atoms with Gasteiger partial charge < -0.3 is 4.55 Å². The summed E-state index contributed by atoms with van der Waals surface area (Å²) in [6.07, 6.45) is -4.84. The van der Waals surface area contributed by atoms with Gasteiger partial charge in [-0.05, 0) is 34.6 Å². The number of rotatable bonds is 1. The first-order chi connectivity index (χ1) is 12.9. The predicted molar refractivity (Wildman–Crippen MR) is 103 cm³/mol. The van der Waals surface area contributed by atoms with Crippen molar-refractivity contribution in [3.05, 3.63) is 62.7 Å². The van der Waals surface area contributed by atoms with Crippen LogP contribution in [0.3, 0.4) is 0 Å². The summed E-state index contributed by atoms with van der Waals surface area (Å²) in [6.45, 7) is 13.8. The summed E-state index contributed by atoms with van der Waals surface area (Å²) in [6, 6.07) is 9.91. The summed E-state index contributed by atoms with van der Waals surface area (Å²) in [5.41, 5.74) is 2.03.